The molecule has 0 radical (unpaired) electrons. The Bertz CT molecular complexity index is 391. The second-order valence-corrected chi connectivity index (χ2v) is 3.58. The minimum absolute atomic E-state index is 0.417. The lowest BCUT2D eigenvalue weighted by Gasteiger charge is -2.21. The highest BCUT2D eigenvalue weighted by Gasteiger charge is 2.51. The van der Waals surface area contributed by atoms with Crippen LogP contribution in [0.4, 0.5) is 22.0 Å². The number of benzene rings is 1. The van der Waals surface area contributed by atoms with Crippen molar-refractivity contribution in [2.45, 2.75) is 31.9 Å². The molecule has 0 aliphatic rings. The summed E-state index contributed by atoms with van der Waals surface area (Å²) in [5.41, 5.74) is -0.333. The largest absolute Gasteiger partial charge is 0.508 e. The quantitative estimate of drug-likeness (QED) is 0.809. The third-order valence-corrected chi connectivity index (χ3v) is 2.40. The second kappa shape index (κ2) is 4.89. The first-order valence-corrected chi connectivity index (χ1v) is 4.92. The van der Waals surface area contributed by atoms with Crippen molar-refractivity contribution in [1.29, 1.82) is 0 Å². The molecule has 0 saturated carbocycles. The Morgan fingerprint density at radius 1 is 1.24 bits per heavy atom. The molecule has 1 nitrogen and oxygen atoms in total. The van der Waals surface area contributed by atoms with Gasteiger partial charge in [0.2, 0.25) is 0 Å². The molecule has 17 heavy (non-hydrogen) atoms. The van der Waals surface area contributed by atoms with Crippen molar-refractivity contribution in [2.24, 2.45) is 0 Å². The fourth-order valence-electron chi connectivity index (χ4n) is 1.34. The molecule has 96 valence electrons. The molecule has 0 aliphatic heterocycles. The van der Waals surface area contributed by atoms with Crippen LogP contribution >= 0.6 is 0 Å². The highest BCUT2D eigenvalue weighted by molar-refractivity contribution is 5.38. The van der Waals surface area contributed by atoms with Crippen molar-refractivity contribution in [2.75, 3.05) is 0 Å². The molecule has 1 rings (SSSR count). The summed E-state index contributed by atoms with van der Waals surface area (Å²) in [4.78, 5) is 0. The van der Waals surface area contributed by atoms with E-state index >= 15 is 0 Å². The number of halogens is 5. The van der Waals surface area contributed by atoms with E-state index in [9.17, 15) is 27.1 Å². The fraction of sp³-hybridized carbons (Fsp3) is 0.455. The summed E-state index contributed by atoms with van der Waals surface area (Å²) in [5.74, 6) is -5.57. The van der Waals surface area contributed by atoms with Crippen molar-refractivity contribution in [1.82, 2.24) is 0 Å². The summed E-state index contributed by atoms with van der Waals surface area (Å²) in [5, 5.41) is 9.23. The molecular formula is C11H11F5O. The van der Waals surface area contributed by atoms with E-state index in [1.54, 1.807) is 6.92 Å². The predicted molar refractivity (Wildman–Crippen MR) is 52.3 cm³/mol. The van der Waals surface area contributed by atoms with Crippen LogP contribution in [-0.2, 0) is 6.42 Å². The summed E-state index contributed by atoms with van der Waals surface area (Å²) >= 11 is 0. The highest BCUT2D eigenvalue weighted by Crippen LogP contribution is 2.42. The molecule has 0 bridgehead atoms. The summed E-state index contributed by atoms with van der Waals surface area (Å²) in [6, 6.07) is 3.39. The number of phenolic OH excluding ortho intramolecular Hbond substituents is 1. The first-order valence-electron chi connectivity index (χ1n) is 4.92. The third kappa shape index (κ3) is 2.68. The number of hydrogen-bond donors (Lipinski definition) is 1. The van der Waals surface area contributed by atoms with Gasteiger partial charge in [-0.2, -0.15) is 8.78 Å². The molecular weight excluding hydrogens is 243 g/mol. The van der Waals surface area contributed by atoms with E-state index in [-0.39, 0.29) is 0 Å². The van der Waals surface area contributed by atoms with Gasteiger partial charge in [0.15, 0.2) is 6.17 Å². The number of rotatable bonds is 4. The van der Waals surface area contributed by atoms with Crippen LogP contribution in [0.3, 0.4) is 0 Å². The molecule has 1 unspecified atom stereocenters. The van der Waals surface area contributed by atoms with Gasteiger partial charge in [0.1, 0.15) is 5.75 Å². The molecule has 0 saturated heterocycles. The van der Waals surface area contributed by atoms with Gasteiger partial charge < -0.3 is 5.11 Å². The maximum atomic E-state index is 13.4. The van der Waals surface area contributed by atoms with Crippen molar-refractivity contribution in [3.8, 4) is 5.75 Å². The Labute approximate surface area is 94.9 Å². The van der Waals surface area contributed by atoms with Crippen LogP contribution in [0.15, 0.2) is 18.2 Å². The van der Waals surface area contributed by atoms with E-state index in [0.717, 1.165) is 12.1 Å². The monoisotopic (exact) mass is 254 g/mol. The van der Waals surface area contributed by atoms with Gasteiger partial charge in [0.25, 0.3) is 0 Å². The van der Waals surface area contributed by atoms with E-state index in [1.807, 2.05) is 0 Å². The molecule has 0 aromatic heterocycles. The number of hydrogen-bond acceptors (Lipinski definition) is 1. The van der Waals surface area contributed by atoms with Gasteiger partial charge in [-0.1, -0.05) is 13.0 Å². The van der Waals surface area contributed by atoms with Gasteiger partial charge in [-0.3, -0.25) is 0 Å². The molecule has 0 aliphatic carbocycles. The Balaban J connectivity index is 3.15. The Morgan fingerprint density at radius 3 is 2.29 bits per heavy atom. The van der Waals surface area contributed by atoms with Gasteiger partial charge >= 0.3 is 12.3 Å². The molecule has 0 amide bonds. The van der Waals surface area contributed by atoms with Gasteiger partial charge in [0, 0.05) is 5.56 Å². The molecule has 1 aromatic rings. The number of aryl methyl sites for hydroxylation is 1. The van der Waals surface area contributed by atoms with Crippen LogP contribution in [-0.4, -0.2) is 17.5 Å². The third-order valence-electron chi connectivity index (χ3n) is 2.40. The average Bonchev–Trinajstić information content (AvgIpc) is 2.28. The lowest BCUT2D eigenvalue weighted by atomic mass is 10.0. The van der Waals surface area contributed by atoms with E-state index in [1.165, 1.54) is 6.07 Å². The summed E-state index contributed by atoms with van der Waals surface area (Å²) < 4.78 is 62.9. The predicted octanol–water partition coefficient (Wildman–Crippen LogP) is 3.87. The lowest BCUT2D eigenvalue weighted by Crippen LogP contribution is -2.32. The number of phenols is 1. The van der Waals surface area contributed by atoms with Gasteiger partial charge in [-0.05, 0) is 24.1 Å². The molecule has 0 fully saturated rings. The molecule has 1 aromatic carbocycles. The highest BCUT2D eigenvalue weighted by atomic mass is 19.3. The lowest BCUT2D eigenvalue weighted by molar-refractivity contribution is -0.173. The van der Waals surface area contributed by atoms with E-state index in [2.05, 4.69) is 0 Å². The standard InChI is InChI=1S/C11H11F5O/c1-2-6-3-4-8(17)7(5-6)9(12)11(15,16)10(13)14/h3-5,9-10,17H,2H2,1H3. The van der Waals surface area contributed by atoms with Crippen LogP contribution in [0.5, 0.6) is 5.75 Å². The number of alkyl halides is 5. The van der Waals surface area contributed by atoms with Crippen molar-refractivity contribution in [3.05, 3.63) is 29.3 Å². The average molecular weight is 254 g/mol. The van der Waals surface area contributed by atoms with Crippen LogP contribution < -0.4 is 0 Å². The fourth-order valence-corrected chi connectivity index (χ4v) is 1.34. The zero-order chi connectivity index (χ0) is 13.2. The minimum atomic E-state index is -4.82. The summed E-state index contributed by atoms with van der Waals surface area (Å²) in [7, 11) is 0. The number of aromatic hydroxyl groups is 1. The normalized spacial score (nSPS) is 14.1. The van der Waals surface area contributed by atoms with Gasteiger partial charge in [-0.15, -0.1) is 0 Å². The first kappa shape index (κ1) is 13.7. The summed E-state index contributed by atoms with van der Waals surface area (Å²) in [6.45, 7) is 1.69. The zero-order valence-corrected chi connectivity index (χ0v) is 8.93. The second-order valence-electron chi connectivity index (χ2n) is 3.58. The van der Waals surface area contributed by atoms with Gasteiger partial charge in [-0.25, -0.2) is 13.2 Å². The topological polar surface area (TPSA) is 20.2 Å². The summed E-state index contributed by atoms with van der Waals surface area (Å²) in [6.07, 6.45) is -6.93. The van der Waals surface area contributed by atoms with E-state index in [4.69, 9.17) is 0 Å². The maximum absolute atomic E-state index is 13.4. The molecule has 0 heterocycles. The van der Waals surface area contributed by atoms with Crippen LogP contribution in [0.1, 0.15) is 24.2 Å². The van der Waals surface area contributed by atoms with Crippen molar-refractivity contribution < 1.29 is 27.1 Å². The van der Waals surface area contributed by atoms with Crippen molar-refractivity contribution in [3.63, 3.8) is 0 Å². The molecule has 1 atom stereocenters. The van der Waals surface area contributed by atoms with Crippen LogP contribution in [0.2, 0.25) is 0 Å². The molecule has 1 N–H and O–H groups in total. The Morgan fingerprint density at radius 2 is 1.82 bits per heavy atom. The van der Waals surface area contributed by atoms with Crippen LogP contribution in [0, 0.1) is 0 Å². The minimum Gasteiger partial charge on any atom is -0.508 e. The molecule has 6 heteroatoms. The molecule has 0 spiro atoms. The van der Waals surface area contributed by atoms with Gasteiger partial charge in [0.05, 0.1) is 0 Å². The Hall–Kier alpha value is -1.33. The maximum Gasteiger partial charge on any atom is 0.342 e. The zero-order valence-electron chi connectivity index (χ0n) is 8.93. The Kier molecular flexibility index (Phi) is 3.95. The first-order chi connectivity index (χ1) is 7.80. The van der Waals surface area contributed by atoms with Crippen LogP contribution in [0.25, 0.3) is 0 Å². The van der Waals surface area contributed by atoms with E-state index in [0.29, 0.717) is 12.0 Å². The van der Waals surface area contributed by atoms with Crippen molar-refractivity contribution >= 4 is 0 Å². The SMILES string of the molecule is CCc1ccc(O)c(C(F)C(F)(F)C(F)F)c1. The van der Waals surface area contributed by atoms with E-state index < -0.39 is 29.8 Å². The smallest absolute Gasteiger partial charge is 0.342 e.